The molecule has 1 aromatic rings. The molecule has 0 aliphatic carbocycles. The lowest BCUT2D eigenvalue weighted by molar-refractivity contribution is 0.0572. The van der Waals surface area contributed by atoms with Gasteiger partial charge in [0, 0.05) is 13.1 Å². The molecule has 7 heteroatoms. The number of anilines is 1. The molecule has 4 nitrogen and oxygen atoms in total. The van der Waals surface area contributed by atoms with Crippen molar-refractivity contribution in [3.8, 4) is 0 Å². The van der Waals surface area contributed by atoms with Gasteiger partial charge in [-0.3, -0.25) is 0 Å². The molecule has 0 amide bonds. The number of pyridine rings is 1. The summed E-state index contributed by atoms with van der Waals surface area (Å²) < 4.78 is 0. The van der Waals surface area contributed by atoms with E-state index in [0.717, 1.165) is 0 Å². The molecule has 2 atom stereocenters. The molecule has 2 rings (SSSR count). The fourth-order valence-corrected chi connectivity index (χ4v) is 2.21. The number of hydrogen-bond acceptors (Lipinski definition) is 4. The zero-order valence-corrected chi connectivity index (χ0v) is 10.3. The first kappa shape index (κ1) is 12.2. The number of nitrogens with zero attached hydrogens (tertiary/aromatic N) is 2. The fraction of sp³-hybridized carbons (Fsp3) is 0.444. The lowest BCUT2D eigenvalue weighted by Crippen LogP contribution is -2.22. The van der Waals surface area contributed by atoms with Crippen LogP contribution in [0.4, 0.5) is 5.82 Å². The largest absolute Gasteiger partial charge is 0.389 e. The molecule has 16 heavy (non-hydrogen) atoms. The van der Waals surface area contributed by atoms with Crippen LogP contribution < -0.4 is 4.90 Å². The molecule has 0 saturated carbocycles. The van der Waals surface area contributed by atoms with E-state index in [1.165, 1.54) is 6.07 Å². The molecule has 0 radical (unpaired) electrons. The average molecular weight is 284 g/mol. The zero-order valence-electron chi connectivity index (χ0n) is 8.07. The van der Waals surface area contributed by atoms with Gasteiger partial charge in [0.2, 0.25) is 0 Å². The van der Waals surface area contributed by atoms with Gasteiger partial charge in [-0.15, -0.1) is 0 Å². The highest BCUT2D eigenvalue weighted by Gasteiger charge is 2.31. The summed E-state index contributed by atoms with van der Waals surface area (Å²) in [7, 11) is 0. The van der Waals surface area contributed by atoms with E-state index in [-0.39, 0.29) is 23.3 Å². The van der Waals surface area contributed by atoms with Gasteiger partial charge in [-0.2, -0.15) is 0 Å². The smallest absolute Gasteiger partial charge is 0.150 e. The van der Waals surface area contributed by atoms with E-state index in [2.05, 4.69) is 4.98 Å². The Morgan fingerprint density at radius 3 is 2.25 bits per heavy atom. The van der Waals surface area contributed by atoms with E-state index in [9.17, 15) is 10.2 Å². The zero-order chi connectivity index (χ0) is 11.9. The quantitative estimate of drug-likeness (QED) is 0.769. The van der Waals surface area contributed by atoms with Gasteiger partial charge in [-0.25, -0.2) is 4.98 Å². The van der Waals surface area contributed by atoms with Gasteiger partial charge in [0.25, 0.3) is 0 Å². The first-order chi connectivity index (χ1) is 7.49. The Morgan fingerprint density at radius 1 is 1.12 bits per heavy atom. The van der Waals surface area contributed by atoms with Crippen molar-refractivity contribution in [2.45, 2.75) is 12.2 Å². The van der Waals surface area contributed by atoms with Crippen LogP contribution in [0.2, 0.25) is 15.2 Å². The van der Waals surface area contributed by atoms with Gasteiger partial charge in [0.05, 0.1) is 22.3 Å². The second-order valence-electron chi connectivity index (χ2n) is 3.61. The molecule has 0 spiro atoms. The first-order valence-electron chi connectivity index (χ1n) is 4.61. The molecule has 2 N–H and O–H groups in total. The second-order valence-corrected chi connectivity index (χ2v) is 4.78. The average Bonchev–Trinajstić information content (AvgIpc) is 2.53. The van der Waals surface area contributed by atoms with E-state index in [0.29, 0.717) is 10.8 Å². The molecular formula is C9H9Cl3N2O2. The summed E-state index contributed by atoms with van der Waals surface area (Å²) in [5, 5.41) is 19.6. The second kappa shape index (κ2) is 4.55. The van der Waals surface area contributed by atoms with Crippen LogP contribution >= 0.6 is 34.8 Å². The van der Waals surface area contributed by atoms with E-state index in [1.54, 1.807) is 4.90 Å². The lowest BCUT2D eigenvalue weighted by atomic mass is 10.3. The van der Waals surface area contributed by atoms with Gasteiger partial charge >= 0.3 is 0 Å². The SMILES string of the molecule is OC1CN(c2nc(Cl)c(Cl)cc2Cl)CC1O. The number of halogens is 3. The lowest BCUT2D eigenvalue weighted by Gasteiger charge is -2.18. The number of rotatable bonds is 1. The maximum absolute atomic E-state index is 9.42. The van der Waals surface area contributed by atoms with Crippen molar-refractivity contribution >= 4 is 40.6 Å². The molecule has 1 aliphatic heterocycles. The van der Waals surface area contributed by atoms with Crippen LogP contribution in [0.25, 0.3) is 0 Å². The molecule has 1 aliphatic rings. The Balaban J connectivity index is 2.31. The molecule has 2 heterocycles. The van der Waals surface area contributed by atoms with Crippen LogP contribution in [0.3, 0.4) is 0 Å². The van der Waals surface area contributed by atoms with Gasteiger partial charge in [0.15, 0.2) is 0 Å². The van der Waals surface area contributed by atoms with Gasteiger partial charge in [-0.05, 0) is 6.07 Å². The Morgan fingerprint density at radius 2 is 1.69 bits per heavy atom. The third kappa shape index (κ3) is 2.21. The highest BCUT2D eigenvalue weighted by atomic mass is 35.5. The maximum atomic E-state index is 9.42. The molecule has 88 valence electrons. The Hall–Kier alpha value is -0.260. The highest BCUT2D eigenvalue weighted by Crippen LogP contribution is 2.32. The van der Waals surface area contributed by atoms with Crippen molar-refractivity contribution in [1.82, 2.24) is 4.98 Å². The molecule has 1 saturated heterocycles. The maximum Gasteiger partial charge on any atom is 0.150 e. The van der Waals surface area contributed by atoms with Crippen molar-refractivity contribution in [2.75, 3.05) is 18.0 Å². The number of β-amino-alcohol motifs (C(OH)–C–C–N with tert-alkyl or cyclic N) is 2. The van der Waals surface area contributed by atoms with Gasteiger partial charge in [-0.1, -0.05) is 34.8 Å². The van der Waals surface area contributed by atoms with E-state index >= 15 is 0 Å². The van der Waals surface area contributed by atoms with Crippen molar-refractivity contribution in [3.63, 3.8) is 0 Å². The molecule has 1 fully saturated rings. The topological polar surface area (TPSA) is 56.6 Å². The molecule has 0 aromatic carbocycles. The van der Waals surface area contributed by atoms with Crippen LogP contribution in [-0.4, -0.2) is 40.5 Å². The monoisotopic (exact) mass is 282 g/mol. The summed E-state index contributed by atoms with van der Waals surface area (Å²) in [6.07, 6.45) is -1.60. The van der Waals surface area contributed by atoms with Gasteiger partial charge in [0.1, 0.15) is 11.0 Å². The summed E-state index contributed by atoms with van der Waals surface area (Å²) >= 11 is 17.5. The fourth-order valence-electron chi connectivity index (χ4n) is 1.60. The molecule has 0 bridgehead atoms. The van der Waals surface area contributed by atoms with E-state index in [4.69, 9.17) is 34.8 Å². The third-order valence-electron chi connectivity index (χ3n) is 2.43. The summed E-state index contributed by atoms with van der Waals surface area (Å²) in [4.78, 5) is 5.69. The standard InChI is InChI=1S/C9H9Cl3N2O2/c10-4-1-5(11)9(13-8(4)12)14-2-6(15)7(16)3-14/h1,6-7,15-16H,2-3H2. The Labute approximate surface area is 107 Å². The van der Waals surface area contributed by atoms with Crippen molar-refractivity contribution in [2.24, 2.45) is 0 Å². The third-order valence-corrected chi connectivity index (χ3v) is 3.38. The number of aliphatic hydroxyl groups is 2. The molecule has 1 aromatic heterocycles. The molecule has 2 unspecified atom stereocenters. The summed E-state index contributed by atoms with van der Waals surface area (Å²) in [5.41, 5.74) is 0. The summed E-state index contributed by atoms with van der Waals surface area (Å²) in [5.74, 6) is 0.423. The minimum absolute atomic E-state index is 0.150. The number of aromatic nitrogens is 1. The van der Waals surface area contributed by atoms with Crippen molar-refractivity contribution in [1.29, 1.82) is 0 Å². The summed E-state index contributed by atoms with van der Waals surface area (Å²) in [6, 6.07) is 1.49. The number of aliphatic hydroxyl groups excluding tert-OH is 2. The summed E-state index contributed by atoms with van der Waals surface area (Å²) in [6.45, 7) is 0.539. The van der Waals surface area contributed by atoms with Crippen molar-refractivity contribution in [3.05, 3.63) is 21.3 Å². The predicted octanol–water partition coefficient (Wildman–Crippen LogP) is 1.58. The van der Waals surface area contributed by atoms with E-state index < -0.39 is 12.2 Å². The Kier molecular flexibility index (Phi) is 3.47. The Bertz CT molecular complexity index is 406. The van der Waals surface area contributed by atoms with Crippen LogP contribution in [0.1, 0.15) is 0 Å². The minimum atomic E-state index is -0.799. The highest BCUT2D eigenvalue weighted by molar-refractivity contribution is 6.42. The van der Waals surface area contributed by atoms with Crippen LogP contribution in [-0.2, 0) is 0 Å². The van der Waals surface area contributed by atoms with Crippen LogP contribution in [0.5, 0.6) is 0 Å². The first-order valence-corrected chi connectivity index (χ1v) is 5.75. The van der Waals surface area contributed by atoms with Gasteiger partial charge < -0.3 is 15.1 Å². The van der Waals surface area contributed by atoms with E-state index in [1.807, 2.05) is 0 Å². The van der Waals surface area contributed by atoms with Crippen LogP contribution in [0.15, 0.2) is 6.07 Å². The minimum Gasteiger partial charge on any atom is -0.389 e. The number of hydrogen-bond donors (Lipinski definition) is 2. The van der Waals surface area contributed by atoms with Crippen molar-refractivity contribution < 1.29 is 10.2 Å². The normalized spacial score (nSPS) is 25.2. The predicted molar refractivity (Wildman–Crippen MR) is 63.5 cm³/mol. The van der Waals surface area contributed by atoms with Crippen LogP contribution in [0, 0.1) is 0 Å². The molecular weight excluding hydrogens is 274 g/mol.